The quantitative estimate of drug-likeness (QED) is 0.865. The Morgan fingerprint density at radius 2 is 2.15 bits per heavy atom. The second-order valence-electron chi connectivity index (χ2n) is 4.70. The molecule has 2 aromatic rings. The molecule has 0 amide bonds. The maximum atomic E-state index is 13.4. The molecule has 0 aliphatic carbocycles. The smallest absolute Gasteiger partial charge is 0.123 e. The molecule has 20 heavy (non-hydrogen) atoms. The standard InChI is InChI=1S/C16H18ClFN2/c1-2-8-19-16(15-5-3-4-9-20-15)11-12-10-13(18)6-7-14(12)17/h3-7,9-10,16,19H,2,8,11H2,1H3. The van der Waals surface area contributed by atoms with Crippen LogP contribution in [0.15, 0.2) is 42.6 Å². The highest BCUT2D eigenvalue weighted by atomic mass is 35.5. The lowest BCUT2D eigenvalue weighted by atomic mass is 10.0. The van der Waals surface area contributed by atoms with Crippen molar-refractivity contribution in [1.29, 1.82) is 0 Å². The van der Waals surface area contributed by atoms with Gasteiger partial charge in [0.2, 0.25) is 0 Å². The highest BCUT2D eigenvalue weighted by Crippen LogP contribution is 2.23. The average molecular weight is 293 g/mol. The molecule has 0 fully saturated rings. The number of halogens is 2. The zero-order chi connectivity index (χ0) is 14.4. The molecule has 0 aliphatic heterocycles. The normalized spacial score (nSPS) is 12.3. The van der Waals surface area contributed by atoms with Crippen LogP contribution in [0.1, 0.15) is 30.6 Å². The van der Waals surface area contributed by atoms with E-state index in [2.05, 4.69) is 17.2 Å². The number of benzene rings is 1. The van der Waals surface area contributed by atoms with E-state index in [-0.39, 0.29) is 11.9 Å². The van der Waals surface area contributed by atoms with Crippen molar-refractivity contribution in [2.75, 3.05) is 6.54 Å². The lowest BCUT2D eigenvalue weighted by Gasteiger charge is -2.18. The summed E-state index contributed by atoms with van der Waals surface area (Å²) in [6.45, 7) is 2.99. The third-order valence-corrected chi connectivity index (χ3v) is 3.49. The van der Waals surface area contributed by atoms with Crippen molar-refractivity contribution in [1.82, 2.24) is 10.3 Å². The summed E-state index contributed by atoms with van der Waals surface area (Å²) in [4.78, 5) is 4.38. The number of hydrogen-bond donors (Lipinski definition) is 1. The third-order valence-electron chi connectivity index (χ3n) is 3.12. The number of nitrogens with zero attached hydrogens (tertiary/aromatic N) is 1. The van der Waals surface area contributed by atoms with Gasteiger partial charge in [-0.3, -0.25) is 4.98 Å². The van der Waals surface area contributed by atoms with Crippen LogP contribution in [0.3, 0.4) is 0 Å². The molecule has 2 nitrogen and oxygen atoms in total. The van der Waals surface area contributed by atoms with Gasteiger partial charge < -0.3 is 5.32 Å². The first-order valence-corrected chi connectivity index (χ1v) is 7.16. The second-order valence-corrected chi connectivity index (χ2v) is 5.11. The van der Waals surface area contributed by atoms with Gasteiger partial charge in [-0.15, -0.1) is 0 Å². The molecule has 0 radical (unpaired) electrons. The Kier molecular flexibility index (Phi) is 5.50. The van der Waals surface area contributed by atoms with E-state index in [1.54, 1.807) is 12.3 Å². The van der Waals surface area contributed by atoms with Crippen molar-refractivity contribution in [2.45, 2.75) is 25.8 Å². The monoisotopic (exact) mass is 292 g/mol. The maximum absolute atomic E-state index is 13.4. The fourth-order valence-corrected chi connectivity index (χ4v) is 2.30. The Morgan fingerprint density at radius 3 is 2.85 bits per heavy atom. The first-order valence-electron chi connectivity index (χ1n) is 6.79. The molecule has 0 saturated heterocycles. The van der Waals surface area contributed by atoms with Crippen LogP contribution >= 0.6 is 11.6 Å². The van der Waals surface area contributed by atoms with Crippen molar-refractivity contribution in [2.24, 2.45) is 0 Å². The summed E-state index contributed by atoms with van der Waals surface area (Å²) in [6.07, 6.45) is 3.41. The number of hydrogen-bond acceptors (Lipinski definition) is 2. The zero-order valence-electron chi connectivity index (χ0n) is 11.4. The molecular formula is C16H18ClFN2. The van der Waals surface area contributed by atoms with Gasteiger partial charge in [-0.2, -0.15) is 0 Å². The molecule has 1 heterocycles. The molecule has 1 aromatic heterocycles. The molecule has 1 atom stereocenters. The molecule has 0 spiro atoms. The molecular weight excluding hydrogens is 275 g/mol. The largest absolute Gasteiger partial charge is 0.308 e. The van der Waals surface area contributed by atoms with E-state index >= 15 is 0 Å². The van der Waals surface area contributed by atoms with Gasteiger partial charge in [-0.25, -0.2) is 4.39 Å². The summed E-state index contributed by atoms with van der Waals surface area (Å²) in [6, 6.07) is 10.3. The van der Waals surface area contributed by atoms with E-state index in [1.807, 2.05) is 18.2 Å². The number of rotatable bonds is 6. The van der Waals surface area contributed by atoms with E-state index in [4.69, 9.17) is 11.6 Å². The first-order chi connectivity index (χ1) is 9.70. The number of pyridine rings is 1. The predicted octanol–water partition coefficient (Wildman–Crippen LogP) is 4.16. The van der Waals surface area contributed by atoms with E-state index in [9.17, 15) is 4.39 Å². The Labute approximate surface area is 124 Å². The first kappa shape index (κ1) is 14.9. The van der Waals surface area contributed by atoms with Gasteiger partial charge in [0.15, 0.2) is 0 Å². The maximum Gasteiger partial charge on any atom is 0.123 e. The van der Waals surface area contributed by atoms with Crippen LogP contribution < -0.4 is 5.32 Å². The van der Waals surface area contributed by atoms with Gasteiger partial charge in [0.1, 0.15) is 5.82 Å². The molecule has 2 rings (SSSR count). The van der Waals surface area contributed by atoms with Gasteiger partial charge in [-0.05, 0) is 55.3 Å². The lowest BCUT2D eigenvalue weighted by Crippen LogP contribution is -2.25. The highest BCUT2D eigenvalue weighted by molar-refractivity contribution is 6.31. The number of nitrogens with one attached hydrogen (secondary N) is 1. The summed E-state index contributed by atoms with van der Waals surface area (Å²) in [5, 5.41) is 4.03. The van der Waals surface area contributed by atoms with Crippen molar-refractivity contribution >= 4 is 11.6 Å². The molecule has 106 valence electrons. The van der Waals surface area contributed by atoms with E-state index in [0.29, 0.717) is 11.4 Å². The molecule has 1 N–H and O–H groups in total. The van der Waals surface area contributed by atoms with E-state index in [1.165, 1.54) is 12.1 Å². The fourth-order valence-electron chi connectivity index (χ4n) is 2.10. The third kappa shape index (κ3) is 4.02. The molecule has 0 aliphatic rings. The van der Waals surface area contributed by atoms with Crippen LogP contribution in [0.4, 0.5) is 4.39 Å². The van der Waals surface area contributed by atoms with Crippen molar-refractivity contribution in [3.05, 3.63) is 64.7 Å². The summed E-state index contributed by atoms with van der Waals surface area (Å²) in [5.41, 5.74) is 1.74. The Morgan fingerprint density at radius 1 is 1.30 bits per heavy atom. The van der Waals surface area contributed by atoms with Crippen molar-refractivity contribution in [3.63, 3.8) is 0 Å². The van der Waals surface area contributed by atoms with Crippen LogP contribution in [0.2, 0.25) is 5.02 Å². The zero-order valence-corrected chi connectivity index (χ0v) is 12.2. The molecule has 4 heteroatoms. The Balaban J connectivity index is 2.21. The van der Waals surface area contributed by atoms with Gasteiger partial charge in [0.05, 0.1) is 11.7 Å². The SMILES string of the molecule is CCCNC(Cc1cc(F)ccc1Cl)c1ccccn1. The van der Waals surface area contributed by atoms with Crippen LogP contribution in [0.5, 0.6) is 0 Å². The molecule has 0 saturated carbocycles. The Bertz CT molecular complexity index is 545. The van der Waals surface area contributed by atoms with E-state index < -0.39 is 0 Å². The highest BCUT2D eigenvalue weighted by Gasteiger charge is 2.14. The van der Waals surface area contributed by atoms with Crippen LogP contribution in [-0.4, -0.2) is 11.5 Å². The molecule has 1 aromatic carbocycles. The second kappa shape index (κ2) is 7.36. The predicted molar refractivity (Wildman–Crippen MR) is 80.4 cm³/mol. The average Bonchev–Trinajstić information content (AvgIpc) is 2.48. The Hall–Kier alpha value is -1.45. The number of aromatic nitrogens is 1. The van der Waals surface area contributed by atoms with Gasteiger partial charge >= 0.3 is 0 Å². The summed E-state index contributed by atoms with van der Waals surface area (Å²) >= 11 is 6.15. The van der Waals surface area contributed by atoms with Gasteiger partial charge in [-0.1, -0.05) is 24.6 Å². The van der Waals surface area contributed by atoms with Crippen LogP contribution in [0, 0.1) is 5.82 Å². The van der Waals surface area contributed by atoms with Gasteiger partial charge in [0, 0.05) is 11.2 Å². The van der Waals surface area contributed by atoms with E-state index in [0.717, 1.165) is 24.2 Å². The minimum Gasteiger partial charge on any atom is -0.308 e. The fraction of sp³-hybridized carbons (Fsp3) is 0.312. The van der Waals surface area contributed by atoms with Crippen LogP contribution in [0.25, 0.3) is 0 Å². The summed E-state index contributed by atoms with van der Waals surface area (Å²) in [5.74, 6) is -0.264. The lowest BCUT2D eigenvalue weighted by molar-refractivity contribution is 0.516. The summed E-state index contributed by atoms with van der Waals surface area (Å²) < 4.78 is 13.4. The minimum absolute atomic E-state index is 0.0375. The summed E-state index contributed by atoms with van der Waals surface area (Å²) in [7, 11) is 0. The van der Waals surface area contributed by atoms with Crippen molar-refractivity contribution in [3.8, 4) is 0 Å². The molecule has 1 unspecified atom stereocenters. The van der Waals surface area contributed by atoms with Crippen LogP contribution in [-0.2, 0) is 6.42 Å². The van der Waals surface area contributed by atoms with Gasteiger partial charge in [0.25, 0.3) is 0 Å². The molecule has 0 bridgehead atoms. The topological polar surface area (TPSA) is 24.9 Å². The van der Waals surface area contributed by atoms with Crippen molar-refractivity contribution < 1.29 is 4.39 Å². The minimum atomic E-state index is -0.264.